The average Bonchev–Trinajstić information content (AvgIpc) is 2.38. The van der Waals surface area contributed by atoms with Gasteiger partial charge in [-0.3, -0.25) is 0 Å². The highest BCUT2D eigenvalue weighted by molar-refractivity contribution is 9.09. The van der Waals surface area contributed by atoms with Crippen molar-refractivity contribution in [1.29, 1.82) is 0 Å². The second kappa shape index (κ2) is 6.32. The summed E-state index contributed by atoms with van der Waals surface area (Å²) < 4.78 is 0. The van der Waals surface area contributed by atoms with Gasteiger partial charge in [-0.25, -0.2) is 0 Å². The van der Waals surface area contributed by atoms with E-state index in [0.29, 0.717) is 4.83 Å². The van der Waals surface area contributed by atoms with Crippen molar-refractivity contribution >= 4 is 27.5 Å². The Hall–Kier alpha value is -0.790. The fraction of sp³-hybridized carbons (Fsp3) is 0.333. The van der Waals surface area contributed by atoms with Crippen molar-refractivity contribution in [3.63, 3.8) is 0 Å². The molecule has 0 amide bonds. The van der Waals surface area contributed by atoms with Crippen LogP contribution in [0.4, 0.5) is 0 Å². The van der Waals surface area contributed by atoms with Crippen LogP contribution in [0, 0.1) is 27.7 Å². The number of benzene rings is 2. The van der Waals surface area contributed by atoms with Gasteiger partial charge in [0.2, 0.25) is 0 Å². The summed E-state index contributed by atoms with van der Waals surface area (Å²) in [6.07, 6.45) is 0.995. The summed E-state index contributed by atoms with van der Waals surface area (Å²) in [5, 5.41) is 0.845. The second-order valence-electron chi connectivity index (χ2n) is 5.56. The number of halogens is 2. The van der Waals surface area contributed by atoms with E-state index in [2.05, 4.69) is 74.0 Å². The highest BCUT2D eigenvalue weighted by Crippen LogP contribution is 2.33. The maximum Gasteiger partial charge on any atom is 0.0438 e. The van der Waals surface area contributed by atoms with Crippen molar-refractivity contribution in [2.24, 2.45) is 0 Å². The summed E-state index contributed by atoms with van der Waals surface area (Å²) in [5.74, 6) is 0. The lowest BCUT2D eigenvalue weighted by Gasteiger charge is -2.16. The molecule has 0 aliphatic heterocycles. The zero-order valence-electron chi connectivity index (χ0n) is 12.4. The van der Waals surface area contributed by atoms with E-state index in [0.717, 1.165) is 17.0 Å². The molecule has 0 spiro atoms. The smallest absolute Gasteiger partial charge is 0.0438 e. The van der Waals surface area contributed by atoms with Crippen molar-refractivity contribution < 1.29 is 0 Å². The van der Waals surface area contributed by atoms with Crippen molar-refractivity contribution in [3.05, 3.63) is 68.7 Å². The summed E-state index contributed by atoms with van der Waals surface area (Å²) in [6.45, 7) is 8.50. The molecule has 0 radical (unpaired) electrons. The Labute approximate surface area is 135 Å². The monoisotopic (exact) mass is 350 g/mol. The zero-order chi connectivity index (χ0) is 14.9. The molecular weight excluding hydrogens is 332 g/mol. The number of hydrogen-bond acceptors (Lipinski definition) is 0. The Bertz CT molecular complexity index is 632. The van der Waals surface area contributed by atoms with Crippen LogP contribution in [0.1, 0.15) is 38.2 Å². The van der Waals surface area contributed by atoms with Gasteiger partial charge in [-0.1, -0.05) is 57.4 Å². The Morgan fingerprint density at radius 1 is 0.950 bits per heavy atom. The van der Waals surface area contributed by atoms with Gasteiger partial charge in [-0.15, -0.1) is 0 Å². The highest BCUT2D eigenvalue weighted by atomic mass is 79.9. The molecule has 1 atom stereocenters. The van der Waals surface area contributed by atoms with E-state index >= 15 is 0 Å². The standard InChI is InChI=1S/C18H20BrCl/c1-11-5-6-12(2)15(7-11)10-17(19)16-8-14(4)18(20)9-13(16)3/h5-9,17H,10H2,1-4H3. The van der Waals surface area contributed by atoms with Gasteiger partial charge in [-0.05, 0) is 68.0 Å². The minimum atomic E-state index is 0.318. The van der Waals surface area contributed by atoms with Crippen LogP contribution in [0.5, 0.6) is 0 Å². The molecule has 2 heteroatoms. The first-order valence-corrected chi connectivity index (χ1v) is 8.14. The third-order valence-corrected chi connectivity index (χ3v) is 5.01. The van der Waals surface area contributed by atoms with Crippen LogP contribution in [0.2, 0.25) is 5.02 Å². The van der Waals surface area contributed by atoms with Crippen LogP contribution < -0.4 is 0 Å². The fourth-order valence-electron chi connectivity index (χ4n) is 2.46. The molecule has 0 bridgehead atoms. The van der Waals surface area contributed by atoms with Crippen molar-refractivity contribution in [2.75, 3.05) is 0 Å². The number of aryl methyl sites for hydroxylation is 4. The molecular formula is C18H20BrCl. The molecule has 0 fully saturated rings. The molecule has 0 N–H and O–H groups in total. The minimum absolute atomic E-state index is 0.318. The summed E-state index contributed by atoms with van der Waals surface area (Å²) in [6, 6.07) is 10.9. The van der Waals surface area contributed by atoms with Crippen molar-refractivity contribution in [1.82, 2.24) is 0 Å². The maximum absolute atomic E-state index is 6.18. The van der Waals surface area contributed by atoms with Gasteiger partial charge >= 0.3 is 0 Å². The normalized spacial score (nSPS) is 12.5. The molecule has 0 aliphatic carbocycles. The Morgan fingerprint density at radius 2 is 1.65 bits per heavy atom. The molecule has 2 rings (SSSR count). The molecule has 20 heavy (non-hydrogen) atoms. The van der Waals surface area contributed by atoms with E-state index in [1.54, 1.807) is 0 Å². The third-order valence-electron chi connectivity index (χ3n) is 3.79. The first kappa shape index (κ1) is 15.6. The lowest BCUT2D eigenvalue weighted by atomic mass is 9.95. The Kier molecular flexibility index (Phi) is 4.93. The van der Waals surface area contributed by atoms with Gasteiger partial charge in [0.05, 0.1) is 0 Å². The molecule has 0 saturated heterocycles. The van der Waals surface area contributed by atoms with Crippen LogP contribution in [-0.4, -0.2) is 0 Å². The average molecular weight is 352 g/mol. The van der Waals surface area contributed by atoms with Crippen LogP contribution in [0.15, 0.2) is 30.3 Å². The minimum Gasteiger partial charge on any atom is -0.0840 e. The predicted octanol–water partition coefficient (Wildman–Crippen LogP) is 6.25. The summed E-state index contributed by atoms with van der Waals surface area (Å²) >= 11 is 10.0. The quantitative estimate of drug-likeness (QED) is 0.573. The lowest BCUT2D eigenvalue weighted by Crippen LogP contribution is -2.01. The van der Waals surface area contributed by atoms with Crippen molar-refractivity contribution in [3.8, 4) is 0 Å². The van der Waals surface area contributed by atoms with Crippen LogP contribution in [0.25, 0.3) is 0 Å². The summed E-state index contributed by atoms with van der Waals surface area (Å²) in [4.78, 5) is 0.318. The molecule has 2 aromatic rings. The van der Waals surface area contributed by atoms with E-state index in [9.17, 15) is 0 Å². The first-order chi connectivity index (χ1) is 9.38. The van der Waals surface area contributed by atoms with Crippen LogP contribution in [0.3, 0.4) is 0 Å². The van der Waals surface area contributed by atoms with Gasteiger partial charge in [-0.2, -0.15) is 0 Å². The lowest BCUT2D eigenvalue weighted by molar-refractivity contribution is 0.924. The van der Waals surface area contributed by atoms with Crippen LogP contribution in [-0.2, 0) is 6.42 Å². The molecule has 1 unspecified atom stereocenters. The van der Waals surface area contributed by atoms with Crippen molar-refractivity contribution in [2.45, 2.75) is 38.9 Å². The largest absolute Gasteiger partial charge is 0.0840 e. The van der Waals surface area contributed by atoms with Gasteiger partial charge in [0, 0.05) is 9.85 Å². The van der Waals surface area contributed by atoms with E-state index in [1.807, 2.05) is 0 Å². The summed E-state index contributed by atoms with van der Waals surface area (Å²) in [7, 11) is 0. The molecule has 0 saturated carbocycles. The van der Waals surface area contributed by atoms with E-state index < -0.39 is 0 Å². The molecule has 0 aliphatic rings. The third kappa shape index (κ3) is 3.45. The number of rotatable bonds is 3. The Morgan fingerprint density at radius 3 is 2.35 bits per heavy atom. The van der Waals surface area contributed by atoms with E-state index in [4.69, 9.17) is 11.6 Å². The van der Waals surface area contributed by atoms with Crippen LogP contribution >= 0.6 is 27.5 Å². The van der Waals surface area contributed by atoms with E-state index in [-0.39, 0.29) is 0 Å². The second-order valence-corrected chi connectivity index (χ2v) is 7.07. The molecule has 106 valence electrons. The topological polar surface area (TPSA) is 0 Å². The zero-order valence-corrected chi connectivity index (χ0v) is 14.8. The predicted molar refractivity (Wildman–Crippen MR) is 92.2 cm³/mol. The molecule has 0 nitrogen and oxygen atoms in total. The summed E-state index contributed by atoms with van der Waals surface area (Å²) in [5.41, 5.74) is 7.77. The van der Waals surface area contributed by atoms with E-state index in [1.165, 1.54) is 27.8 Å². The molecule has 0 heterocycles. The molecule has 2 aromatic carbocycles. The first-order valence-electron chi connectivity index (χ1n) is 6.85. The van der Waals surface area contributed by atoms with Gasteiger partial charge in [0.15, 0.2) is 0 Å². The van der Waals surface area contributed by atoms with Gasteiger partial charge in [0.25, 0.3) is 0 Å². The SMILES string of the molecule is Cc1ccc(C)c(CC(Br)c2cc(C)c(Cl)cc2C)c1. The van der Waals surface area contributed by atoms with Gasteiger partial charge < -0.3 is 0 Å². The number of alkyl halides is 1. The molecule has 0 aromatic heterocycles. The Balaban J connectivity index is 2.30. The highest BCUT2D eigenvalue weighted by Gasteiger charge is 2.14. The van der Waals surface area contributed by atoms with Gasteiger partial charge in [0.1, 0.15) is 0 Å². The number of hydrogen-bond donors (Lipinski definition) is 0. The fourth-order valence-corrected chi connectivity index (χ4v) is 3.52. The maximum atomic E-state index is 6.18.